The highest BCUT2D eigenvalue weighted by Crippen LogP contribution is 2.46. The Labute approximate surface area is 249 Å². The van der Waals surface area contributed by atoms with Crippen LogP contribution in [0.2, 0.25) is 0 Å². The fourth-order valence-corrected chi connectivity index (χ4v) is 7.57. The van der Waals surface area contributed by atoms with Crippen molar-refractivity contribution < 1.29 is 9.47 Å². The molecule has 0 bridgehead atoms. The molecule has 0 N–H and O–H groups in total. The third-order valence-electron chi connectivity index (χ3n) is 9.31. The van der Waals surface area contributed by atoms with E-state index in [0.717, 1.165) is 51.2 Å². The molecule has 0 unspecified atom stereocenters. The summed E-state index contributed by atoms with van der Waals surface area (Å²) >= 11 is 0. The summed E-state index contributed by atoms with van der Waals surface area (Å²) in [5.41, 5.74) is 12.8. The monoisotopic (exact) mass is 552 g/mol. The van der Waals surface area contributed by atoms with Gasteiger partial charge >= 0.3 is 0 Å². The zero-order valence-electron chi connectivity index (χ0n) is 23.8. The van der Waals surface area contributed by atoms with Gasteiger partial charge in [-0.3, -0.25) is 0 Å². The molecule has 3 aliphatic heterocycles. The van der Waals surface area contributed by atoms with Crippen molar-refractivity contribution in [1.29, 1.82) is 0 Å². The normalized spacial score (nSPS) is 13.6. The molecular formula is C38H25BN2O2. The van der Waals surface area contributed by atoms with Gasteiger partial charge in [0.1, 0.15) is 23.0 Å². The second kappa shape index (κ2) is 8.11. The van der Waals surface area contributed by atoms with Gasteiger partial charge in [-0.1, -0.05) is 53.6 Å². The lowest BCUT2D eigenvalue weighted by atomic mass is 9.33. The first-order valence-electron chi connectivity index (χ1n) is 14.8. The van der Waals surface area contributed by atoms with Gasteiger partial charge in [0.05, 0.1) is 16.7 Å². The number of ether oxygens (including phenoxy) is 2. The van der Waals surface area contributed by atoms with Gasteiger partial charge in [-0.05, 0) is 85.4 Å². The lowest BCUT2D eigenvalue weighted by Gasteiger charge is -2.42. The van der Waals surface area contributed by atoms with E-state index in [1.807, 2.05) is 0 Å². The molecular weight excluding hydrogens is 527 g/mol. The number of aryl methyl sites for hydroxylation is 2. The summed E-state index contributed by atoms with van der Waals surface area (Å²) in [6.45, 7) is 4.34. The van der Waals surface area contributed by atoms with E-state index in [-0.39, 0.29) is 6.71 Å². The maximum absolute atomic E-state index is 6.81. The zero-order chi connectivity index (χ0) is 28.4. The predicted molar refractivity (Wildman–Crippen MR) is 176 cm³/mol. The van der Waals surface area contributed by atoms with Gasteiger partial charge in [0, 0.05) is 45.4 Å². The van der Waals surface area contributed by atoms with Crippen LogP contribution in [0.3, 0.4) is 0 Å². The van der Waals surface area contributed by atoms with Gasteiger partial charge in [0.25, 0.3) is 6.71 Å². The molecule has 0 aliphatic carbocycles. The van der Waals surface area contributed by atoms with Crippen LogP contribution in [0, 0.1) is 13.8 Å². The van der Waals surface area contributed by atoms with Crippen molar-refractivity contribution in [2.75, 3.05) is 4.90 Å². The van der Waals surface area contributed by atoms with Crippen molar-refractivity contribution in [3.8, 4) is 28.7 Å². The Hall–Kier alpha value is -5.42. The molecule has 0 atom stereocenters. The second-order valence-corrected chi connectivity index (χ2v) is 11.9. The summed E-state index contributed by atoms with van der Waals surface area (Å²) in [4.78, 5) is 2.34. The molecule has 10 rings (SSSR count). The Morgan fingerprint density at radius 3 is 1.60 bits per heavy atom. The van der Waals surface area contributed by atoms with E-state index in [4.69, 9.17) is 9.47 Å². The van der Waals surface area contributed by atoms with E-state index in [1.165, 1.54) is 43.9 Å². The van der Waals surface area contributed by atoms with Crippen LogP contribution in [0.15, 0.2) is 115 Å². The number of fused-ring (bicyclic) bond motifs is 3. The number of rotatable bonds is 2. The van der Waals surface area contributed by atoms with Gasteiger partial charge in [0.2, 0.25) is 0 Å². The summed E-state index contributed by atoms with van der Waals surface area (Å²) in [6, 6.07) is 41.2. The highest BCUT2D eigenvalue weighted by atomic mass is 16.5. The standard InChI is InChI=1S/C38H25BN2O2/c1-22-14-16-28-26(18-22)27-19-23(2)15-17-29(27)41(28)25-20-34-38-35(21-25)43-33-13-7-11-31-37(33)39(38)36-30(10-6-12-32(36)42-34)40(31)24-8-4-3-5-9-24/h3-21H,1-2H3. The van der Waals surface area contributed by atoms with Crippen LogP contribution < -0.4 is 30.8 Å². The van der Waals surface area contributed by atoms with Crippen LogP contribution in [0.25, 0.3) is 27.5 Å². The van der Waals surface area contributed by atoms with Crippen LogP contribution >= 0.6 is 0 Å². The van der Waals surface area contributed by atoms with Crippen molar-refractivity contribution >= 4 is 62.0 Å². The Kier molecular flexibility index (Phi) is 4.37. The molecule has 0 saturated carbocycles. The molecule has 0 amide bonds. The van der Waals surface area contributed by atoms with Gasteiger partial charge in [-0.25, -0.2) is 0 Å². The average Bonchev–Trinajstić information content (AvgIpc) is 3.34. The highest BCUT2D eigenvalue weighted by molar-refractivity contribution is 7.00. The van der Waals surface area contributed by atoms with Crippen molar-refractivity contribution in [3.63, 3.8) is 0 Å². The third-order valence-corrected chi connectivity index (χ3v) is 9.31. The number of nitrogens with zero attached hydrogens (tertiary/aromatic N) is 2. The highest BCUT2D eigenvalue weighted by Gasteiger charge is 2.47. The lowest BCUT2D eigenvalue weighted by Crippen LogP contribution is -2.61. The molecule has 4 nitrogen and oxygen atoms in total. The first kappa shape index (κ1) is 23.2. The number of anilines is 3. The van der Waals surface area contributed by atoms with E-state index in [2.05, 4.69) is 139 Å². The lowest BCUT2D eigenvalue weighted by molar-refractivity contribution is 0.464. The number of hydrogen-bond acceptors (Lipinski definition) is 3. The smallest absolute Gasteiger partial charge is 0.266 e. The molecule has 7 aromatic rings. The summed E-state index contributed by atoms with van der Waals surface area (Å²) < 4.78 is 16.0. The van der Waals surface area contributed by atoms with E-state index in [9.17, 15) is 0 Å². The maximum atomic E-state index is 6.81. The van der Waals surface area contributed by atoms with Crippen LogP contribution in [0.4, 0.5) is 17.1 Å². The molecule has 1 aromatic heterocycles. The topological polar surface area (TPSA) is 26.6 Å². The fourth-order valence-electron chi connectivity index (χ4n) is 7.57. The summed E-state index contributed by atoms with van der Waals surface area (Å²) in [7, 11) is 0. The number of benzene rings is 6. The molecule has 0 spiro atoms. The molecule has 0 radical (unpaired) electrons. The summed E-state index contributed by atoms with van der Waals surface area (Å²) in [5, 5.41) is 2.51. The Morgan fingerprint density at radius 1 is 0.488 bits per heavy atom. The second-order valence-electron chi connectivity index (χ2n) is 11.9. The number of para-hydroxylation sites is 1. The molecule has 0 saturated heterocycles. The zero-order valence-corrected chi connectivity index (χ0v) is 23.8. The molecule has 3 aliphatic rings. The van der Waals surface area contributed by atoms with E-state index < -0.39 is 0 Å². The Bertz CT molecular complexity index is 2200. The molecule has 4 heterocycles. The first-order valence-corrected chi connectivity index (χ1v) is 14.8. The quantitative estimate of drug-likeness (QED) is 0.204. The number of aromatic nitrogens is 1. The van der Waals surface area contributed by atoms with Crippen LogP contribution in [0.5, 0.6) is 23.0 Å². The third kappa shape index (κ3) is 3.01. The van der Waals surface area contributed by atoms with Crippen molar-refractivity contribution in [2.24, 2.45) is 0 Å². The average molecular weight is 552 g/mol. The molecule has 202 valence electrons. The van der Waals surface area contributed by atoms with Crippen molar-refractivity contribution in [3.05, 3.63) is 126 Å². The Balaban J connectivity index is 1.25. The minimum atomic E-state index is 0.0300. The van der Waals surface area contributed by atoms with Gasteiger partial charge in [-0.15, -0.1) is 0 Å². The Morgan fingerprint density at radius 2 is 1.05 bits per heavy atom. The van der Waals surface area contributed by atoms with Gasteiger partial charge in [0.15, 0.2) is 0 Å². The van der Waals surface area contributed by atoms with E-state index in [0.29, 0.717) is 0 Å². The minimum absolute atomic E-state index is 0.0300. The van der Waals surface area contributed by atoms with Gasteiger partial charge < -0.3 is 18.9 Å². The van der Waals surface area contributed by atoms with Crippen LogP contribution in [-0.2, 0) is 0 Å². The van der Waals surface area contributed by atoms with Crippen LogP contribution in [-0.4, -0.2) is 11.3 Å². The molecule has 5 heteroatoms. The summed E-state index contributed by atoms with van der Waals surface area (Å²) in [5.74, 6) is 3.50. The van der Waals surface area contributed by atoms with Crippen LogP contribution in [0.1, 0.15) is 11.1 Å². The largest absolute Gasteiger partial charge is 0.458 e. The molecule has 0 fully saturated rings. The minimum Gasteiger partial charge on any atom is -0.458 e. The van der Waals surface area contributed by atoms with E-state index in [1.54, 1.807) is 0 Å². The SMILES string of the molecule is Cc1ccc2c(c1)c1cc(C)ccc1n2-c1cc2c3c(c1)Oc1cccc4c1B3c1c(cccc1N4c1ccccc1)O2. The molecule has 6 aromatic carbocycles. The summed E-state index contributed by atoms with van der Waals surface area (Å²) in [6.07, 6.45) is 0. The van der Waals surface area contributed by atoms with Crippen molar-refractivity contribution in [1.82, 2.24) is 4.57 Å². The fraction of sp³-hybridized carbons (Fsp3) is 0.0526. The number of hydrogen-bond donors (Lipinski definition) is 0. The maximum Gasteiger partial charge on any atom is 0.266 e. The van der Waals surface area contributed by atoms with Gasteiger partial charge in [-0.2, -0.15) is 0 Å². The first-order chi connectivity index (χ1) is 21.1. The molecule has 43 heavy (non-hydrogen) atoms. The predicted octanol–water partition coefficient (Wildman–Crippen LogP) is 7.91. The van der Waals surface area contributed by atoms with Crippen molar-refractivity contribution in [2.45, 2.75) is 13.8 Å². The van der Waals surface area contributed by atoms with E-state index >= 15 is 0 Å².